The Labute approximate surface area is 158 Å². The number of hydrogen-bond acceptors (Lipinski definition) is 6. The number of nitrogens with one attached hydrogen (secondary N) is 2. The van der Waals surface area contributed by atoms with Crippen LogP contribution < -0.4 is 10.6 Å². The summed E-state index contributed by atoms with van der Waals surface area (Å²) in [7, 11) is 1.77. The Morgan fingerprint density at radius 2 is 2.15 bits per heavy atom. The zero-order valence-electron chi connectivity index (χ0n) is 15.6. The van der Waals surface area contributed by atoms with E-state index in [9.17, 15) is 0 Å². The molecule has 0 radical (unpaired) electrons. The molecule has 0 aromatic carbocycles. The van der Waals surface area contributed by atoms with Gasteiger partial charge >= 0.3 is 0 Å². The fraction of sp³-hybridized carbons (Fsp3) is 0.556. The van der Waals surface area contributed by atoms with Gasteiger partial charge in [0.1, 0.15) is 6.26 Å². The summed E-state index contributed by atoms with van der Waals surface area (Å²) in [5.41, 5.74) is 0.880. The van der Waals surface area contributed by atoms with E-state index in [1.165, 1.54) is 0 Å². The van der Waals surface area contributed by atoms with E-state index in [1.807, 2.05) is 17.5 Å². The number of aliphatic imine (C=N–C) groups is 1. The molecule has 2 aromatic rings. The van der Waals surface area contributed by atoms with Crippen molar-refractivity contribution in [2.45, 2.75) is 25.9 Å². The molecule has 0 spiro atoms. The Morgan fingerprint density at radius 1 is 1.35 bits per heavy atom. The van der Waals surface area contributed by atoms with Crippen LogP contribution in [0.5, 0.6) is 0 Å². The first-order valence-corrected chi connectivity index (χ1v) is 9.72. The van der Waals surface area contributed by atoms with Gasteiger partial charge < -0.3 is 19.8 Å². The summed E-state index contributed by atoms with van der Waals surface area (Å²) >= 11 is 1.62. The maximum absolute atomic E-state index is 5.55. The molecule has 3 heterocycles. The fourth-order valence-corrected chi connectivity index (χ4v) is 3.53. The van der Waals surface area contributed by atoms with Gasteiger partial charge in [-0.1, -0.05) is 6.07 Å². The lowest BCUT2D eigenvalue weighted by molar-refractivity contribution is -0.00834. The average molecular weight is 378 g/mol. The van der Waals surface area contributed by atoms with Crippen LogP contribution in [0.1, 0.15) is 19.5 Å². The molecule has 142 valence electrons. The number of thiophene rings is 1. The highest BCUT2D eigenvalue weighted by atomic mass is 32.1. The molecule has 7 nitrogen and oxygen atoms in total. The minimum atomic E-state index is 0.0294. The number of oxazole rings is 1. The molecule has 0 aliphatic carbocycles. The van der Waals surface area contributed by atoms with Crippen LogP contribution in [0.2, 0.25) is 0 Å². The van der Waals surface area contributed by atoms with Crippen LogP contribution in [-0.4, -0.2) is 61.3 Å². The van der Waals surface area contributed by atoms with E-state index in [0.717, 1.165) is 49.4 Å². The number of ether oxygens (including phenoxy) is 1. The summed E-state index contributed by atoms with van der Waals surface area (Å²) in [6, 6.07) is 3.99. The molecular weight excluding hydrogens is 350 g/mol. The highest BCUT2D eigenvalue weighted by molar-refractivity contribution is 7.13. The van der Waals surface area contributed by atoms with Crippen molar-refractivity contribution < 1.29 is 9.15 Å². The van der Waals surface area contributed by atoms with Gasteiger partial charge in [0.05, 0.1) is 30.3 Å². The first kappa shape index (κ1) is 18.9. The van der Waals surface area contributed by atoms with E-state index in [1.54, 1.807) is 24.6 Å². The average Bonchev–Trinajstić information content (AvgIpc) is 3.34. The number of nitrogens with zero attached hydrogens (tertiary/aromatic N) is 3. The predicted molar refractivity (Wildman–Crippen MR) is 104 cm³/mol. The third-order valence-electron chi connectivity index (χ3n) is 4.50. The molecule has 0 amide bonds. The summed E-state index contributed by atoms with van der Waals surface area (Å²) in [6.45, 7) is 9.37. The molecule has 1 aliphatic heterocycles. The Morgan fingerprint density at radius 3 is 2.85 bits per heavy atom. The normalized spacial score (nSPS) is 16.7. The van der Waals surface area contributed by atoms with E-state index >= 15 is 0 Å². The van der Waals surface area contributed by atoms with E-state index in [-0.39, 0.29) is 5.54 Å². The third kappa shape index (κ3) is 4.84. The number of morpholine rings is 1. The molecular formula is C18H27N5O2S. The lowest BCUT2D eigenvalue weighted by atomic mass is 10.0. The summed E-state index contributed by atoms with van der Waals surface area (Å²) in [4.78, 5) is 12.3. The van der Waals surface area contributed by atoms with Gasteiger partial charge in [0.15, 0.2) is 5.96 Å². The highest BCUT2D eigenvalue weighted by Crippen LogP contribution is 2.23. The van der Waals surface area contributed by atoms with Gasteiger partial charge in [0, 0.05) is 32.2 Å². The van der Waals surface area contributed by atoms with Crippen molar-refractivity contribution in [3.63, 3.8) is 0 Å². The van der Waals surface area contributed by atoms with Crippen molar-refractivity contribution in [2.75, 3.05) is 39.9 Å². The summed E-state index contributed by atoms with van der Waals surface area (Å²) in [6.07, 6.45) is 1.69. The summed E-state index contributed by atoms with van der Waals surface area (Å²) < 4.78 is 11.0. The molecule has 1 aliphatic rings. The van der Waals surface area contributed by atoms with Gasteiger partial charge in [-0.3, -0.25) is 9.89 Å². The van der Waals surface area contributed by atoms with Crippen LogP contribution in [0.3, 0.4) is 0 Å². The molecule has 3 rings (SSSR count). The van der Waals surface area contributed by atoms with Gasteiger partial charge in [-0.15, -0.1) is 11.3 Å². The lowest BCUT2D eigenvalue weighted by Crippen LogP contribution is -2.56. The monoisotopic (exact) mass is 377 g/mol. The highest BCUT2D eigenvalue weighted by Gasteiger charge is 2.28. The van der Waals surface area contributed by atoms with Crippen LogP contribution in [0, 0.1) is 0 Å². The first-order valence-electron chi connectivity index (χ1n) is 8.84. The molecule has 26 heavy (non-hydrogen) atoms. The van der Waals surface area contributed by atoms with E-state index < -0.39 is 0 Å². The topological polar surface area (TPSA) is 74.9 Å². The van der Waals surface area contributed by atoms with Crippen molar-refractivity contribution in [1.29, 1.82) is 0 Å². The van der Waals surface area contributed by atoms with Crippen LogP contribution in [-0.2, 0) is 11.3 Å². The van der Waals surface area contributed by atoms with Gasteiger partial charge in [0.2, 0.25) is 5.89 Å². The Balaban J connectivity index is 1.49. The lowest BCUT2D eigenvalue weighted by Gasteiger charge is -2.41. The summed E-state index contributed by atoms with van der Waals surface area (Å²) in [5.74, 6) is 1.42. The van der Waals surface area contributed by atoms with Crippen LogP contribution in [0.4, 0.5) is 0 Å². The van der Waals surface area contributed by atoms with Gasteiger partial charge in [0.25, 0.3) is 0 Å². The second-order valence-corrected chi connectivity index (χ2v) is 7.76. The molecule has 0 bridgehead atoms. The van der Waals surface area contributed by atoms with E-state index in [4.69, 9.17) is 9.15 Å². The minimum absolute atomic E-state index is 0.0294. The number of aromatic nitrogens is 1. The number of guanidine groups is 1. The SMILES string of the molecule is CN=C(NCc1coc(-c2cccs2)n1)NCC(C)(C)N1CCOCC1. The van der Waals surface area contributed by atoms with E-state index in [2.05, 4.69) is 39.4 Å². The van der Waals surface area contributed by atoms with Crippen molar-refractivity contribution in [3.8, 4) is 10.8 Å². The third-order valence-corrected chi connectivity index (χ3v) is 5.36. The van der Waals surface area contributed by atoms with Crippen LogP contribution in [0.15, 0.2) is 33.2 Å². The standard InChI is InChI=1S/C18H27N5O2S/c1-18(2,23-6-8-24-9-7-23)13-21-17(19-3)20-11-14-12-25-16(22-14)15-5-4-10-26-15/h4-5,10,12H,6-9,11,13H2,1-3H3,(H2,19,20,21). The second-order valence-electron chi connectivity index (χ2n) is 6.81. The Hall–Kier alpha value is -1.90. The molecule has 8 heteroatoms. The van der Waals surface area contributed by atoms with Crippen molar-refractivity contribution >= 4 is 17.3 Å². The van der Waals surface area contributed by atoms with Crippen molar-refractivity contribution in [3.05, 3.63) is 29.5 Å². The molecule has 1 fully saturated rings. The minimum Gasteiger partial charge on any atom is -0.443 e. The molecule has 1 saturated heterocycles. The maximum Gasteiger partial charge on any atom is 0.236 e. The largest absolute Gasteiger partial charge is 0.443 e. The van der Waals surface area contributed by atoms with Gasteiger partial charge in [-0.2, -0.15) is 0 Å². The van der Waals surface area contributed by atoms with Gasteiger partial charge in [-0.05, 0) is 25.3 Å². The summed E-state index contributed by atoms with van der Waals surface area (Å²) in [5, 5.41) is 8.72. The Bertz CT molecular complexity index is 705. The molecule has 0 saturated carbocycles. The number of hydrogen-bond donors (Lipinski definition) is 2. The van der Waals surface area contributed by atoms with Gasteiger partial charge in [-0.25, -0.2) is 4.98 Å². The quantitative estimate of drug-likeness (QED) is 0.594. The van der Waals surface area contributed by atoms with Crippen molar-refractivity contribution in [1.82, 2.24) is 20.5 Å². The number of rotatable bonds is 6. The maximum atomic E-state index is 5.55. The van der Waals surface area contributed by atoms with Crippen LogP contribution >= 0.6 is 11.3 Å². The predicted octanol–water partition coefficient (Wildman–Crippen LogP) is 2.18. The Kier molecular flexibility index (Phi) is 6.29. The van der Waals surface area contributed by atoms with E-state index in [0.29, 0.717) is 12.4 Å². The first-order chi connectivity index (χ1) is 12.6. The molecule has 0 atom stereocenters. The van der Waals surface area contributed by atoms with Crippen molar-refractivity contribution in [2.24, 2.45) is 4.99 Å². The van der Waals surface area contributed by atoms with Crippen LogP contribution in [0.25, 0.3) is 10.8 Å². The fourth-order valence-electron chi connectivity index (χ4n) is 2.88. The second kappa shape index (κ2) is 8.66. The molecule has 2 N–H and O–H groups in total. The molecule has 0 unspecified atom stereocenters. The zero-order chi connectivity index (χ0) is 18.4. The zero-order valence-corrected chi connectivity index (χ0v) is 16.4. The molecule has 2 aromatic heterocycles. The smallest absolute Gasteiger partial charge is 0.236 e.